The standard InChI is InChI=1S/C36H42/c1-4-28-11-13-29(14-12-28)25-30-15-18-33(19-16-30)36(27(3)31-8-6-5-7-9-31)34-22-20-32(21-23-34)35-17-10-26(2)24-35/h1,10-14,17,20-24,26,30-31,33,36H,3,5-9,15-16,18-19,25H2,2H3. The zero-order chi connectivity index (χ0) is 24.9. The van der Waals surface area contributed by atoms with E-state index in [1.165, 1.54) is 92.0 Å². The van der Waals surface area contributed by atoms with Gasteiger partial charge in [0.2, 0.25) is 0 Å². The molecule has 0 radical (unpaired) electrons. The van der Waals surface area contributed by atoms with Crippen LogP contribution in [-0.2, 0) is 6.42 Å². The Balaban J connectivity index is 1.30. The molecule has 0 spiro atoms. The van der Waals surface area contributed by atoms with E-state index in [0.29, 0.717) is 17.8 Å². The molecule has 3 aliphatic carbocycles. The van der Waals surface area contributed by atoms with Gasteiger partial charge in [-0.2, -0.15) is 0 Å². The summed E-state index contributed by atoms with van der Waals surface area (Å²) in [4.78, 5) is 0. The Morgan fingerprint density at radius 2 is 1.61 bits per heavy atom. The minimum absolute atomic E-state index is 0.505. The summed E-state index contributed by atoms with van der Waals surface area (Å²) in [5.41, 5.74) is 8.16. The first-order valence-electron chi connectivity index (χ1n) is 14.4. The third kappa shape index (κ3) is 5.78. The summed E-state index contributed by atoms with van der Waals surface area (Å²) in [5, 5.41) is 0. The van der Waals surface area contributed by atoms with Crippen molar-refractivity contribution in [1.29, 1.82) is 0 Å². The van der Waals surface area contributed by atoms with Gasteiger partial charge in [-0.15, -0.1) is 6.42 Å². The first-order valence-corrected chi connectivity index (χ1v) is 14.4. The van der Waals surface area contributed by atoms with E-state index in [1.807, 2.05) is 0 Å². The lowest BCUT2D eigenvalue weighted by atomic mass is 9.66. The van der Waals surface area contributed by atoms with Crippen molar-refractivity contribution in [2.75, 3.05) is 0 Å². The molecule has 2 saturated carbocycles. The average molecular weight is 475 g/mol. The summed E-state index contributed by atoms with van der Waals surface area (Å²) in [5.74, 6) is 5.99. The van der Waals surface area contributed by atoms with Crippen molar-refractivity contribution in [3.63, 3.8) is 0 Å². The molecule has 2 aromatic rings. The molecule has 0 saturated heterocycles. The fourth-order valence-electron chi connectivity index (χ4n) is 7.04. The van der Waals surface area contributed by atoms with Gasteiger partial charge in [0, 0.05) is 11.5 Å². The second-order valence-corrected chi connectivity index (χ2v) is 11.7. The van der Waals surface area contributed by atoms with Gasteiger partial charge in [0.25, 0.3) is 0 Å². The maximum Gasteiger partial charge on any atom is 0.0242 e. The highest BCUT2D eigenvalue weighted by molar-refractivity contribution is 5.76. The topological polar surface area (TPSA) is 0 Å². The van der Waals surface area contributed by atoms with Crippen LogP contribution in [0.25, 0.3) is 5.57 Å². The van der Waals surface area contributed by atoms with Crippen molar-refractivity contribution >= 4 is 5.57 Å². The summed E-state index contributed by atoms with van der Waals surface area (Å²) in [6.07, 6.45) is 25.8. The van der Waals surface area contributed by atoms with E-state index in [0.717, 1.165) is 17.4 Å². The number of terminal acetylenes is 1. The molecule has 36 heavy (non-hydrogen) atoms. The van der Waals surface area contributed by atoms with Crippen LogP contribution in [0.1, 0.15) is 92.9 Å². The van der Waals surface area contributed by atoms with Gasteiger partial charge < -0.3 is 0 Å². The summed E-state index contributed by atoms with van der Waals surface area (Å²) in [6, 6.07) is 18.2. The molecular weight excluding hydrogens is 432 g/mol. The monoisotopic (exact) mass is 474 g/mol. The van der Waals surface area contributed by atoms with E-state index in [9.17, 15) is 0 Å². The van der Waals surface area contributed by atoms with Crippen molar-refractivity contribution < 1.29 is 0 Å². The molecule has 3 aliphatic rings. The van der Waals surface area contributed by atoms with E-state index in [-0.39, 0.29) is 0 Å². The number of rotatable bonds is 7. The zero-order valence-electron chi connectivity index (χ0n) is 22.1. The van der Waals surface area contributed by atoms with Crippen molar-refractivity contribution in [1.82, 2.24) is 0 Å². The van der Waals surface area contributed by atoms with Crippen LogP contribution < -0.4 is 0 Å². The van der Waals surface area contributed by atoms with Crippen molar-refractivity contribution in [3.8, 4) is 12.3 Å². The molecule has 0 heterocycles. The molecule has 0 nitrogen and oxygen atoms in total. The summed E-state index contributed by atoms with van der Waals surface area (Å²) in [6.45, 7) is 7.06. The lowest BCUT2D eigenvalue weighted by Gasteiger charge is -2.38. The molecular formula is C36H42. The second kappa shape index (κ2) is 11.5. The molecule has 2 unspecified atom stereocenters. The summed E-state index contributed by atoms with van der Waals surface area (Å²) >= 11 is 0. The molecule has 0 bridgehead atoms. The van der Waals surface area contributed by atoms with Crippen molar-refractivity contribution in [3.05, 3.63) is 101 Å². The molecule has 0 aliphatic heterocycles. The number of benzene rings is 2. The largest absolute Gasteiger partial charge is 0.115 e. The first-order chi connectivity index (χ1) is 17.6. The van der Waals surface area contributed by atoms with Crippen molar-refractivity contribution in [2.45, 2.75) is 77.0 Å². The van der Waals surface area contributed by atoms with Crippen LogP contribution >= 0.6 is 0 Å². The second-order valence-electron chi connectivity index (χ2n) is 11.7. The van der Waals surface area contributed by atoms with Gasteiger partial charge in [0.05, 0.1) is 0 Å². The fraction of sp³-hybridized carbons (Fsp3) is 0.444. The lowest BCUT2D eigenvalue weighted by Crippen LogP contribution is -2.25. The van der Waals surface area contributed by atoms with Crippen LogP contribution in [0.15, 0.2) is 78.9 Å². The van der Waals surface area contributed by atoms with Gasteiger partial charge in [0.15, 0.2) is 0 Å². The van der Waals surface area contributed by atoms with Crippen LogP contribution in [0, 0.1) is 36.0 Å². The van der Waals surface area contributed by atoms with Crippen LogP contribution in [-0.4, -0.2) is 0 Å². The van der Waals surface area contributed by atoms with Gasteiger partial charge >= 0.3 is 0 Å². The van der Waals surface area contributed by atoms with E-state index in [1.54, 1.807) is 0 Å². The van der Waals surface area contributed by atoms with Crippen LogP contribution in [0.5, 0.6) is 0 Å². The Labute approximate surface area is 219 Å². The molecule has 0 amide bonds. The maximum atomic E-state index is 5.54. The van der Waals surface area contributed by atoms with E-state index in [2.05, 4.69) is 79.6 Å². The highest BCUT2D eigenvalue weighted by Crippen LogP contribution is 2.47. The normalized spacial score (nSPS) is 25.2. The third-order valence-corrected chi connectivity index (χ3v) is 9.16. The van der Waals surface area contributed by atoms with E-state index >= 15 is 0 Å². The van der Waals surface area contributed by atoms with Crippen molar-refractivity contribution in [2.24, 2.45) is 23.7 Å². The molecule has 0 aromatic heterocycles. The Hall–Kier alpha value is -2.78. The van der Waals surface area contributed by atoms with Gasteiger partial charge in [-0.25, -0.2) is 0 Å². The smallest absolute Gasteiger partial charge is 0.0242 e. The minimum Gasteiger partial charge on any atom is -0.115 e. The van der Waals surface area contributed by atoms with Gasteiger partial charge in [-0.05, 0) is 103 Å². The molecule has 0 heteroatoms. The Kier molecular flexibility index (Phi) is 7.96. The quantitative estimate of drug-likeness (QED) is 0.277. The SMILES string of the molecule is C#Cc1ccc(CC2CCC(C(C(=C)C3CCCCC3)c3ccc(C4=CC(C)C=C4)cc3)CC2)cc1. The average Bonchev–Trinajstić information content (AvgIpc) is 3.37. The highest BCUT2D eigenvalue weighted by atomic mass is 14.4. The van der Waals surface area contributed by atoms with E-state index in [4.69, 9.17) is 13.0 Å². The Bertz CT molecular complexity index is 1120. The number of allylic oxidation sites excluding steroid dienone is 5. The van der Waals surface area contributed by atoms with Crippen LogP contribution in [0.3, 0.4) is 0 Å². The van der Waals surface area contributed by atoms with Gasteiger partial charge in [0.1, 0.15) is 0 Å². The highest BCUT2D eigenvalue weighted by Gasteiger charge is 2.33. The van der Waals surface area contributed by atoms with Crippen LogP contribution in [0.4, 0.5) is 0 Å². The predicted molar refractivity (Wildman–Crippen MR) is 155 cm³/mol. The summed E-state index contributed by atoms with van der Waals surface area (Å²) < 4.78 is 0. The predicted octanol–water partition coefficient (Wildman–Crippen LogP) is 9.53. The minimum atomic E-state index is 0.505. The molecule has 186 valence electrons. The Morgan fingerprint density at radius 3 is 2.22 bits per heavy atom. The van der Waals surface area contributed by atoms with Gasteiger partial charge in [-0.1, -0.05) is 98.9 Å². The molecule has 5 rings (SSSR count). The number of hydrogen-bond donors (Lipinski definition) is 0. The zero-order valence-corrected chi connectivity index (χ0v) is 22.1. The summed E-state index contributed by atoms with van der Waals surface area (Å²) in [7, 11) is 0. The maximum absolute atomic E-state index is 5.54. The molecule has 2 fully saturated rings. The fourth-order valence-corrected chi connectivity index (χ4v) is 7.04. The third-order valence-electron chi connectivity index (χ3n) is 9.16. The van der Waals surface area contributed by atoms with Gasteiger partial charge in [-0.3, -0.25) is 0 Å². The van der Waals surface area contributed by atoms with E-state index < -0.39 is 0 Å². The number of hydrogen-bond acceptors (Lipinski definition) is 0. The molecule has 2 atom stereocenters. The molecule has 2 aromatic carbocycles. The van der Waals surface area contributed by atoms with Crippen LogP contribution in [0.2, 0.25) is 0 Å². The lowest BCUT2D eigenvalue weighted by molar-refractivity contribution is 0.242. The Morgan fingerprint density at radius 1 is 0.917 bits per heavy atom. The first kappa shape index (κ1) is 24.9. The molecule has 0 N–H and O–H groups in total.